The van der Waals surface area contributed by atoms with Crippen LogP contribution in [0.1, 0.15) is 34.1 Å². The molecule has 0 amide bonds. The van der Waals surface area contributed by atoms with Crippen molar-refractivity contribution in [2.24, 2.45) is 5.41 Å². The molecule has 18 heavy (non-hydrogen) atoms. The summed E-state index contributed by atoms with van der Waals surface area (Å²) in [6, 6.07) is 10.7. The molecule has 1 aromatic carbocycles. The molecule has 2 heteroatoms. The lowest BCUT2D eigenvalue weighted by Crippen LogP contribution is -2.42. The van der Waals surface area contributed by atoms with Gasteiger partial charge in [0.1, 0.15) is 0 Å². The van der Waals surface area contributed by atoms with E-state index in [4.69, 9.17) is 0 Å². The van der Waals surface area contributed by atoms with Crippen LogP contribution < -0.4 is 10.2 Å². The molecular weight excluding hydrogens is 220 g/mol. The fourth-order valence-corrected chi connectivity index (χ4v) is 2.20. The average molecular weight is 248 g/mol. The molecule has 1 atom stereocenters. The number of anilines is 1. The summed E-state index contributed by atoms with van der Waals surface area (Å²) in [4.78, 5) is 2.47. The maximum absolute atomic E-state index is 3.49. The van der Waals surface area contributed by atoms with Crippen LogP contribution in [0.5, 0.6) is 0 Å². The highest BCUT2D eigenvalue weighted by atomic mass is 15.1. The second kappa shape index (κ2) is 7.42. The largest absolute Gasteiger partial charge is 0.371 e. The summed E-state index contributed by atoms with van der Waals surface area (Å²) in [6.45, 7) is 13.4. The highest BCUT2D eigenvalue weighted by molar-refractivity contribution is 5.46. The SMILES string of the molecule is CCNCC(C)(CC)CN(CC)c1ccccc1. The first-order valence-electron chi connectivity index (χ1n) is 7.16. The highest BCUT2D eigenvalue weighted by Crippen LogP contribution is 2.25. The van der Waals surface area contributed by atoms with Crippen molar-refractivity contribution < 1.29 is 0 Å². The van der Waals surface area contributed by atoms with Crippen molar-refractivity contribution in [1.82, 2.24) is 5.32 Å². The molecule has 0 aromatic heterocycles. The second-order valence-electron chi connectivity index (χ2n) is 5.29. The molecule has 0 spiro atoms. The van der Waals surface area contributed by atoms with Gasteiger partial charge in [-0.3, -0.25) is 0 Å². The van der Waals surface area contributed by atoms with Crippen LogP contribution in [-0.4, -0.2) is 26.2 Å². The van der Waals surface area contributed by atoms with Crippen LogP contribution in [0.2, 0.25) is 0 Å². The monoisotopic (exact) mass is 248 g/mol. The minimum atomic E-state index is 0.335. The maximum Gasteiger partial charge on any atom is 0.0366 e. The molecule has 0 saturated carbocycles. The van der Waals surface area contributed by atoms with E-state index in [0.29, 0.717) is 5.41 Å². The Morgan fingerprint density at radius 2 is 1.78 bits per heavy atom. The molecule has 0 aliphatic rings. The van der Waals surface area contributed by atoms with Gasteiger partial charge < -0.3 is 10.2 Å². The van der Waals surface area contributed by atoms with Crippen LogP contribution in [0.4, 0.5) is 5.69 Å². The van der Waals surface area contributed by atoms with Gasteiger partial charge in [-0.25, -0.2) is 0 Å². The number of para-hydroxylation sites is 1. The van der Waals surface area contributed by atoms with E-state index in [-0.39, 0.29) is 0 Å². The van der Waals surface area contributed by atoms with Gasteiger partial charge >= 0.3 is 0 Å². The van der Waals surface area contributed by atoms with Gasteiger partial charge in [-0.1, -0.05) is 39.0 Å². The molecule has 2 nitrogen and oxygen atoms in total. The van der Waals surface area contributed by atoms with Crippen molar-refractivity contribution in [3.63, 3.8) is 0 Å². The number of nitrogens with one attached hydrogen (secondary N) is 1. The number of rotatable bonds is 8. The fraction of sp³-hybridized carbons (Fsp3) is 0.625. The third kappa shape index (κ3) is 4.34. The molecule has 1 aromatic rings. The zero-order valence-electron chi connectivity index (χ0n) is 12.4. The first-order chi connectivity index (χ1) is 8.65. The topological polar surface area (TPSA) is 15.3 Å². The Morgan fingerprint density at radius 1 is 1.11 bits per heavy atom. The Labute approximate surface area is 112 Å². The molecule has 0 radical (unpaired) electrons. The summed E-state index contributed by atoms with van der Waals surface area (Å²) in [6.07, 6.45) is 1.20. The summed E-state index contributed by atoms with van der Waals surface area (Å²) < 4.78 is 0. The van der Waals surface area contributed by atoms with E-state index < -0.39 is 0 Å². The van der Waals surface area contributed by atoms with Gasteiger partial charge in [0.2, 0.25) is 0 Å². The molecule has 0 heterocycles. The van der Waals surface area contributed by atoms with Gasteiger partial charge in [-0.2, -0.15) is 0 Å². The first kappa shape index (κ1) is 15.0. The molecular formula is C16H28N2. The molecule has 1 N–H and O–H groups in total. The van der Waals surface area contributed by atoms with Crippen molar-refractivity contribution in [1.29, 1.82) is 0 Å². The molecule has 0 bridgehead atoms. The molecule has 1 unspecified atom stereocenters. The minimum Gasteiger partial charge on any atom is -0.371 e. The minimum absolute atomic E-state index is 0.335. The fourth-order valence-electron chi connectivity index (χ4n) is 2.20. The van der Waals surface area contributed by atoms with E-state index in [1.54, 1.807) is 0 Å². The predicted octanol–water partition coefficient (Wildman–Crippen LogP) is 3.54. The lowest BCUT2D eigenvalue weighted by molar-refractivity contribution is 0.298. The summed E-state index contributed by atoms with van der Waals surface area (Å²) in [7, 11) is 0. The Morgan fingerprint density at radius 3 is 2.28 bits per heavy atom. The van der Waals surface area contributed by atoms with E-state index in [1.807, 2.05) is 0 Å². The summed E-state index contributed by atoms with van der Waals surface area (Å²) in [5.74, 6) is 0. The van der Waals surface area contributed by atoms with E-state index in [0.717, 1.165) is 26.2 Å². The van der Waals surface area contributed by atoms with Gasteiger partial charge in [-0.15, -0.1) is 0 Å². The molecule has 0 fully saturated rings. The number of hydrogen-bond acceptors (Lipinski definition) is 2. The van der Waals surface area contributed by atoms with Gasteiger partial charge in [0, 0.05) is 25.3 Å². The standard InChI is InChI=1S/C16H28N2/c1-5-16(4,13-17-6-2)14-18(7-3)15-11-9-8-10-12-15/h8-12,17H,5-7,13-14H2,1-4H3. The third-order valence-corrected chi connectivity index (χ3v) is 3.73. The molecule has 102 valence electrons. The van der Waals surface area contributed by atoms with Crippen molar-refractivity contribution >= 4 is 5.69 Å². The zero-order chi connectivity index (χ0) is 13.4. The van der Waals surface area contributed by atoms with E-state index >= 15 is 0 Å². The molecule has 0 aliphatic heterocycles. The van der Waals surface area contributed by atoms with Crippen LogP contribution in [0.3, 0.4) is 0 Å². The second-order valence-corrected chi connectivity index (χ2v) is 5.29. The zero-order valence-corrected chi connectivity index (χ0v) is 12.4. The quantitative estimate of drug-likeness (QED) is 0.757. The van der Waals surface area contributed by atoms with Crippen molar-refractivity contribution in [3.8, 4) is 0 Å². The lowest BCUT2D eigenvalue weighted by Gasteiger charge is -2.36. The van der Waals surface area contributed by atoms with Gasteiger partial charge in [-0.05, 0) is 37.4 Å². The summed E-state index contributed by atoms with van der Waals surface area (Å²) in [5.41, 5.74) is 1.66. The molecule has 1 rings (SSSR count). The van der Waals surface area contributed by atoms with Crippen molar-refractivity contribution in [2.45, 2.75) is 34.1 Å². The van der Waals surface area contributed by atoms with Gasteiger partial charge in [0.15, 0.2) is 0 Å². The normalized spacial score (nSPS) is 14.2. The Kier molecular flexibility index (Phi) is 6.20. The summed E-state index contributed by atoms with van der Waals surface area (Å²) in [5, 5.41) is 3.49. The Bertz CT molecular complexity index is 323. The lowest BCUT2D eigenvalue weighted by atomic mass is 9.86. The molecule has 0 saturated heterocycles. The predicted molar refractivity (Wildman–Crippen MR) is 81.3 cm³/mol. The van der Waals surface area contributed by atoms with Crippen molar-refractivity contribution in [2.75, 3.05) is 31.1 Å². The summed E-state index contributed by atoms with van der Waals surface area (Å²) >= 11 is 0. The van der Waals surface area contributed by atoms with Crippen LogP contribution in [0, 0.1) is 5.41 Å². The van der Waals surface area contributed by atoms with Crippen molar-refractivity contribution in [3.05, 3.63) is 30.3 Å². The van der Waals surface area contributed by atoms with E-state index in [2.05, 4.69) is 68.2 Å². The third-order valence-electron chi connectivity index (χ3n) is 3.73. The van der Waals surface area contributed by atoms with E-state index in [1.165, 1.54) is 12.1 Å². The van der Waals surface area contributed by atoms with Gasteiger partial charge in [0.05, 0.1) is 0 Å². The van der Waals surface area contributed by atoms with Crippen LogP contribution in [0.25, 0.3) is 0 Å². The highest BCUT2D eigenvalue weighted by Gasteiger charge is 2.24. The number of benzene rings is 1. The van der Waals surface area contributed by atoms with Crippen LogP contribution in [0.15, 0.2) is 30.3 Å². The Hall–Kier alpha value is -1.02. The smallest absolute Gasteiger partial charge is 0.0366 e. The van der Waals surface area contributed by atoms with Gasteiger partial charge in [0.25, 0.3) is 0 Å². The number of nitrogens with zero attached hydrogens (tertiary/aromatic N) is 1. The number of hydrogen-bond donors (Lipinski definition) is 1. The van der Waals surface area contributed by atoms with Crippen LogP contribution >= 0.6 is 0 Å². The first-order valence-corrected chi connectivity index (χ1v) is 7.16. The average Bonchev–Trinajstić information content (AvgIpc) is 2.43. The molecule has 0 aliphatic carbocycles. The Balaban J connectivity index is 2.71. The van der Waals surface area contributed by atoms with E-state index in [9.17, 15) is 0 Å². The maximum atomic E-state index is 3.49. The van der Waals surface area contributed by atoms with Crippen LogP contribution in [-0.2, 0) is 0 Å².